The van der Waals surface area contributed by atoms with Crippen molar-refractivity contribution in [1.82, 2.24) is 4.98 Å². The number of nitrogens with one attached hydrogen (secondary N) is 1. The topological polar surface area (TPSA) is 60.5 Å². The van der Waals surface area contributed by atoms with Gasteiger partial charge in [-0.15, -0.1) is 0 Å². The van der Waals surface area contributed by atoms with E-state index in [2.05, 4.69) is 10.3 Å². The van der Waals surface area contributed by atoms with Crippen molar-refractivity contribution in [2.45, 2.75) is 6.18 Å². The molecule has 0 aliphatic heterocycles. The summed E-state index contributed by atoms with van der Waals surface area (Å²) in [5, 5.41) is 3.07. The van der Waals surface area contributed by atoms with Crippen molar-refractivity contribution in [3.8, 4) is 17.4 Å². The molecular formula is C20H14ClF3N2O3. The molecule has 0 fully saturated rings. The zero-order chi connectivity index (χ0) is 21.0. The SMILES string of the molecule is COc1cc(NC(=O)c2ccc(Cl)cc2)nc(Oc2cccc(C(F)(F)F)c2)c1. The van der Waals surface area contributed by atoms with E-state index in [4.69, 9.17) is 21.1 Å². The summed E-state index contributed by atoms with van der Waals surface area (Å²) >= 11 is 5.81. The number of benzene rings is 2. The first kappa shape index (κ1) is 20.5. The minimum absolute atomic E-state index is 0.0462. The van der Waals surface area contributed by atoms with Gasteiger partial charge in [-0.3, -0.25) is 4.79 Å². The van der Waals surface area contributed by atoms with Gasteiger partial charge in [-0.1, -0.05) is 17.7 Å². The lowest BCUT2D eigenvalue weighted by Crippen LogP contribution is -2.13. The van der Waals surface area contributed by atoms with Crippen LogP contribution < -0.4 is 14.8 Å². The summed E-state index contributed by atoms with van der Waals surface area (Å²) in [6.07, 6.45) is -4.50. The van der Waals surface area contributed by atoms with Crippen LogP contribution in [-0.4, -0.2) is 18.0 Å². The average Bonchev–Trinajstić information content (AvgIpc) is 2.67. The van der Waals surface area contributed by atoms with Crippen LogP contribution in [0.5, 0.6) is 17.4 Å². The number of halogens is 4. The Morgan fingerprint density at radius 1 is 1.03 bits per heavy atom. The molecule has 29 heavy (non-hydrogen) atoms. The molecule has 1 aromatic heterocycles. The average molecular weight is 423 g/mol. The van der Waals surface area contributed by atoms with E-state index in [1.165, 1.54) is 43.5 Å². The molecule has 3 rings (SSSR count). The van der Waals surface area contributed by atoms with Gasteiger partial charge in [0.05, 0.1) is 12.7 Å². The van der Waals surface area contributed by atoms with Crippen LogP contribution in [0.15, 0.2) is 60.7 Å². The van der Waals surface area contributed by atoms with E-state index in [1.807, 2.05) is 0 Å². The van der Waals surface area contributed by atoms with Crippen molar-refractivity contribution in [3.63, 3.8) is 0 Å². The maximum absolute atomic E-state index is 12.9. The molecule has 0 aliphatic carbocycles. The number of hydrogen-bond acceptors (Lipinski definition) is 4. The molecule has 1 heterocycles. The summed E-state index contributed by atoms with van der Waals surface area (Å²) in [5.41, 5.74) is -0.506. The third kappa shape index (κ3) is 5.39. The van der Waals surface area contributed by atoms with Gasteiger partial charge in [-0.2, -0.15) is 18.2 Å². The number of rotatable bonds is 5. The summed E-state index contributed by atoms with van der Waals surface area (Å²) in [4.78, 5) is 16.5. The number of carbonyl (C=O) groups excluding carboxylic acids is 1. The van der Waals surface area contributed by atoms with Crippen LogP contribution in [0.2, 0.25) is 5.02 Å². The van der Waals surface area contributed by atoms with Gasteiger partial charge in [0.2, 0.25) is 5.88 Å². The Balaban J connectivity index is 1.84. The van der Waals surface area contributed by atoms with Crippen LogP contribution in [0.1, 0.15) is 15.9 Å². The largest absolute Gasteiger partial charge is 0.496 e. The molecular weight excluding hydrogens is 409 g/mol. The summed E-state index contributed by atoms with van der Waals surface area (Å²) in [7, 11) is 1.40. The van der Waals surface area contributed by atoms with E-state index in [0.29, 0.717) is 16.3 Å². The van der Waals surface area contributed by atoms with Crippen LogP contribution in [0.3, 0.4) is 0 Å². The van der Waals surface area contributed by atoms with E-state index < -0.39 is 17.6 Å². The molecule has 0 saturated heterocycles. The monoisotopic (exact) mass is 422 g/mol. The van der Waals surface area contributed by atoms with Gasteiger partial charge in [0.1, 0.15) is 17.3 Å². The molecule has 2 aromatic carbocycles. The summed E-state index contributed by atoms with van der Waals surface area (Å²) in [5.74, 6) is -0.155. The van der Waals surface area contributed by atoms with Gasteiger partial charge in [0.25, 0.3) is 5.91 Å². The number of amides is 1. The molecule has 0 aliphatic rings. The number of carbonyl (C=O) groups is 1. The Morgan fingerprint density at radius 2 is 1.76 bits per heavy atom. The standard InChI is InChI=1S/C20H14ClF3N2O3/c1-28-16-10-17(26-19(27)12-5-7-14(21)8-6-12)25-18(11-16)29-15-4-2-3-13(9-15)20(22,23)24/h2-11H,1H3,(H,25,26,27). The van der Waals surface area contributed by atoms with Crippen LogP contribution in [-0.2, 0) is 6.18 Å². The van der Waals surface area contributed by atoms with E-state index in [0.717, 1.165) is 12.1 Å². The third-order valence-electron chi connectivity index (χ3n) is 3.74. The lowest BCUT2D eigenvalue weighted by Gasteiger charge is -2.12. The van der Waals surface area contributed by atoms with Crippen molar-refractivity contribution in [3.05, 3.63) is 76.8 Å². The van der Waals surface area contributed by atoms with Crippen LogP contribution >= 0.6 is 11.6 Å². The number of pyridine rings is 1. The highest BCUT2D eigenvalue weighted by molar-refractivity contribution is 6.30. The quantitative estimate of drug-likeness (QED) is 0.564. The Kier molecular flexibility index (Phi) is 5.93. The fraction of sp³-hybridized carbons (Fsp3) is 0.100. The number of alkyl halides is 3. The van der Waals surface area contributed by atoms with Crippen molar-refractivity contribution in [1.29, 1.82) is 0 Å². The smallest absolute Gasteiger partial charge is 0.416 e. The van der Waals surface area contributed by atoms with Crippen LogP contribution in [0, 0.1) is 0 Å². The first-order chi connectivity index (χ1) is 13.7. The molecule has 1 amide bonds. The second kappa shape index (κ2) is 8.40. The van der Waals surface area contributed by atoms with Crippen molar-refractivity contribution in [2.24, 2.45) is 0 Å². The maximum Gasteiger partial charge on any atom is 0.416 e. The van der Waals surface area contributed by atoms with Crippen molar-refractivity contribution in [2.75, 3.05) is 12.4 Å². The van der Waals surface area contributed by atoms with Crippen LogP contribution in [0.25, 0.3) is 0 Å². The van der Waals surface area contributed by atoms with Gasteiger partial charge in [-0.05, 0) is 42.5 Å². The van der Waals surface area contributed by atoms with Crippen molar-refractivity contribution < 1.29 is 27.4 Å². The third-order valence-corrected chi connectivity index (χ3v) is 3.99. The minimum atomic E-state index is -4.50. The first-order valence-corrected chi connectivity index (χ1v) is 8.60. The van der Waals surface area contributed by atoms with E-state index in [-0.39, 0.29) is 17.4 Å². The van der Waals surface area contributed by atoms with Crippen molar-refractivity contribution >= 4 is 23.3 Å². The second-order valence-corrected chi connectivity index (χ2v) is 6.26. The molecule has 0 bridgehead atoms. The second-order valence-electron chi connectivity index (χ2n) is 5.82. The molecule has 0 atom stereocenters. The Labute approximate surface area is 169 Å². The number of methoxy groups -OCH3 is 1. The number of aromatic nitrogens is 1. The summed E-state index contributed by atoms with van der Waals surface area (Å²) in [6, 6.07) is 13.4. The summed E-state index contributed by atoms with van der Waals surface area (Å²) in [6.45, 7) is 0. The number of nitrogens with zero attached hydrogens (tertiary/aromatic N) is 1. The van der Waals surface area contributed by atoms with Crippen LogP contribution in [0.4, 0.5) is 19.0 Å². The Bertz CT molecular complexity index is 1020. The molecule has 0 unspecified atom stereocenters. The number of ether oxygens (including phenoxy) is 2. The van der Waals surface area contributed by atoms with Gasteiger partial charge in [0.15, 0.2) is 0 Å². The predicted octanol–water partition coefficient (Wildman–Crippen LogP) is 5.81. The van der Waals surface area contributed by atoms with Gasteiger partial charge < -0.3 is 14.8 Å². The first-order valence-electron chi connectivity index (χ1n) is 8.23. The molecule has 150 valence electrons. The highest BCUT2D eigenvalue weighted by atomic mass is 35.5. The Hall–Kier alpha value is -3.26. The van der Waals surface area contributed by atoms with E-state index in [1.54, 1.807) is 12.1 Å². The zero-order valence-corrected chi connectivity index (χ0v) is 15.7. The summed E-state index contributed by atoms with van der Waals surface area (Å²) < 4.78 is 49.2. The van der Waals surface area contributed by atoms with Gasteiger partial charge in [-0.25, -0.2) is 0 Å². The van der Waals surface area contributed by atoms with E-state index in [9.17, 15) is 18.0 Å². The number of hydrogen-bond donors (Lipinski definition) is 1. The predicted molar refractivity (Wildman–Crippen MR) is 102 cm³/mol. The molecule has 1 N–H and O–H groups in total. The molecule has 0 radical (unpaired) electrons. The van der Waals surface area contributed by atoms with Gasteiger partial charge >= 0.3 is 6.18 Å². The van der Waals surface area contributed by atoms with E-state index >= 15 is 0 Å². The molecule has 0 spiro atoms. The maximum atomic E-state index is 12.9. The molecule has 3 aromatic rings. The highest BCUT2D eigenvalue weighted by Crippen LogP contribution is 2.33. The molecule has 5 nitrogen and oxygen atoms in total. The Morgan fingerprint density at radius 3 is 2.41 bits per heavy atom. The molecule has 9 heteroatoms. The minimum Gasteiger partial charge on any atom is -0.496 e. The van der Waals surface area contributed by atoms with Gasteiger partial charge in [0, 0.05) is 22.7 Å². The lowest BCUT2D eigenvalue weighted by atomic mass is 10.2. The lowest BCUT2D eigenvalue weighted by molar-refractivity contribution is -0.137. The number of anilines is 1. The normalized spacial score (nSPS) is 11.1. The zero-order valence-electron chi connectivity index (χ0n) is 15.0. The fourth-order valence-electron chi connectivity index (χ4n) is 2.36. The fourth-order valence-corrected chi connectivity index (χ4v) is 2.49. The highest BCUT2D eigenvalue weighted by Gasteiger charge is 2.30. The molecule has 0 saturated carbocycles.